The number of nitrogens with one attached hydrogen (secondary N) is 1. The molecule has 0 bridgehead atoms. The second-order valence-electron chi connectivity index (χ2n) is 6.15. The number of ether oxygens (including phenoxy) is 2. The van der Waals surface area contributed by atoms with Gasteiger partial charge in [-0.2, -0.15) is 9.71 Å². The Morgan fingerprint density at radius 2 is 1.84 bits per heavy atom. The lowest BCUT2D eigenvalue weighted by atomic mass is 10.2. The molecular formula is C16H21N3O5S. The highest BCUT2D eigenvalue weighted by Gasteiger charge is 2.24. The molecule has 1 aromatic carbocycles. The van der Waals surface area contributed by atoms with E-state index in [1.54, 1.807) is 13.0 Å². The van der Waals surface area contributed by atoms with E-state index in [9.17, 15) is 8.42 Å². The Bertz CT molecular complexity index is 847. The van der Waals surface area contributed by atoms with Gasteiger partial charge in [0.05, 0.1) is 24.2 Å². The van der Waals surface area contributed by atoms with Crippen LogP contribution in [-0.2, 0) is 10.0 Å². The average Bonchev–Trinajstić information content (AvgIpc) is 2.94. The van der Waals surface area contributed by atoms with E-state index in [0.29, 0.717) is 30.5 Å². The van der Waals surface area contributed by atoms with E-state index in [2.05, 4.69) is 14.9 Å². The van der Waals surface area contributed by atoms with Crippen LogP contribution in [0.5, 0.6) is 11.5 Å². The van der Waals surface area contributed by atoms with Crippen molar-refractivity contribution in [1.82, 2.24) is 14.9 Å². The zero-order chi connectivity index (χ0) is 18.0. The quantitative estimate of drug-likeness (QED) is 0.865. The van der Waals surface area contributed by atoms with E-state index in [4.69, 9.17) is 14.0 Å². The molecule has 0 fully saturated rings. The maximum Gasteiger partial charge on any atom is 0.244 e. The Hall–Kier alpha value is -2.13. The molecular weight excluding hydrogens is 346 g/mol. The third kappa shape index (κ3) is 3.93. The zero-order valence-corrected chi connectivity index (χ0v) is 15.2. The smallest absolute Gasteiger partial charge is 0.244 e. The molecule has 2 heterocycles. The van der Waals surface area contributed by atoms with Crippen LogP contribution in [0.25, 0.3) is 0 Å². The summed E-state index contributed by atoms with van der Waals surface area (Å²) in [7, 11) is -3.78. The van der Waals surface area contributed by atoms with Crippen LogP contribution in [0.4, 0.5) is 0 Å². The molecule has 1 N–H and O–H groups in total. The fraction of sp³-hybridized carbons (Fsp3) is 0.500. The number of benzene rings is 1. The Balaban J connectivity index is 1.80. The van der Waals surface area contributed by atoms with Gasteiger partial charge in [0.1, 0.15) is 0 Å². The molecule has 1 atom stereocenters. The van der Waals surface area contributed by atoms with E-state index in [-0.39, 0.29) is 16.7 Å². The maximum atomic E-state index is 12.6. The monoisotopic (exact) mass is 367 g/mol. The predicted octanol–water partition coefficient (Wildman–Crippen LogP) is 2.39. The van der Waals surface area contributed by atoms with E-state index >= 15 is 0 Å². The highest BCUT2D eigenvalue weighted by Crippen LogP contribution is 2.32. The fourth-order valence-corrected chi connectivity index (χ4v) is 3.53. The van der Waals surface area contributed by atoms with Crippen molar-refractivity contribution in [1.29, 1.82) is 0 Å². The molecule has 3 rings (SSSR count). The first-order chi connectivity index (χ1) is 11.9. The van der Waals surface area contributed by atoms with Crippen molar-refractivity contribution < 1.29 is 22.4 Å². The molecule has 0 saturated heterocycles. The van der Waals surface area contributed by atoms with Gasteiger partial charge in [-0.3, -0.25) is 0 Å². The van der Waals surface area contributed by atoms with E-state index in [1.807, 2.05) is 13.8 Å². The van der Waals surface area contributed by atoms with Crippen LogP contribution in [-0.4, -0.2) is 31.8 Å². The summed E-state index contributed by atoms with van der Waals surface area (Å²) < 4.78 is 44.0. The number of rotatable bonds is 5. The molecule has 9 heteroatoms. The summed E-state index contributed by atoms with van der Waals surface area (Å²) in [5, 5.41) is 3.85. The first kappa shape index (κ1) is 17.7. The molecule has 0 radical (unpaired) electrons. The second-order valence-corrected chi connectivity index (χ2v) is 7.86. The van der Waals surface area contributed by atoms with Gasteiger partial charge in [-0.25, -0.2) is 8.42 Å². The van der Waals surface area contributed by atoms with Crippen LogP contribution in [0.15, 0.2) is 27.6 Å². The fourth-order valence-electron chi connectivity index (χ4n) is 2.32. The molecule has 0 amide bonds. The SMILES string of the molecule is CC(C)c1noc([C@H](C)NS(=O)(=O)c2ccc3c(c2)OCCCO3)n1. The second kappa shape index (κ2) is 7.01. The van der Waals surface area contributed by atoms with Gasteiger partial charge in [-0.05, 0) is 19.1 Å². The van der Waals surface area contributed by atoms with Gasteiger partial charge >= 0.3 is 0 Å². The topological polar surface area (TPSA) is 104 Å². The summed E-state index contributed by atoms with van der Waals surface area (Å²) in [6.45, 7) is 6.55. The van der Waals surface area contributed by atoms with Crippen LogP contribution < -0.4 is 14.2 Å². The molecule has 0 unspecified atom stereocenters. The molecule has 2 aromatic rings. The van der Waals surface area contributed by atoms with Crippen molar-refractivity contribution in [3.63, 3.8) is 0 Å². The van der Waals surface area contributed by atoms with Crippen LogP contribution in [0.1, 0.15) is 50.9 Å². The van der Waals surface area contributed by atoms with Crippen molar-refractivity contribution in [2.24, 2.45) is 0 Å². The largest absolute Gasteiger partial charge is 0.490 e. The van der Waals surface area contributed by atoms with E-state index < -0.39 is 16.1 Å². The summed E-state index contributed by atoms with van der Waals surface area (Å²) in [6.07, 6.45) is 0.751. The minimum absolute atomic E-state index is 0.0900. The van der Waals surface area contributed by atoms with Crippen LogP contribution in [0, 0.1) is 0 Å². The summed E-state index contributed by atoms with van der Waals surface area (Å²) in [5.74, 6) is 1.83. The molecule has 0 spiro atoms. The third-order valence-electron chi connectivity index (χ3n) is 3.71. The Morgan fingerprint density at radius 1 is 1.12 bits per heavy atom. The van der Waals surface area contributed by atoms with E-state index in [0.717, 1.165) is 6.42 Å². The van der Waals surface area contributed by atoms with Crippen molar-refractivity contribution in [2.75, 3.05) is 13.2 Å². The molecule has 8 nitrogen and oxygen atoms in total. The number of nitrogens with zero attached hydrogens (tertiary/aromatic N) is 2. The van der Waals surface area contributed by atoms with Gasteiger partial charge in [-0.1, -0.05) is 19.0 Å². The molecule has 1 aliphatic rings. The van der Waals surface area contributed by atoms with Crippen molar-refractivity contribution >= 4 is 10.0 Å². The van der Waals surface area contributed by atoms with Gasteiger partial charge in [0.2, 0.25) is 15.9 Å². The van der Waals surface area contributed by atoms with E-state index in [1.165, 1.54) is 12.1 Å². The number of fused-ring (bicyclic) bond motifs is 1. The van der Waals surface area contributed by atoms with Crippen LogP contribution in [0.2, 0.25) is 0 Å². The minimum atomic E-state index is -3.78. The normalized spacial score (nSPS) is 15.8. The van der Waals surface area contributed by atoms with Crippen molar-refractivity contribution in [2.45, 2.75) is 44.0 Å². The summed E-state index contributed by atoms with van der Waals surface area (Å²) in [5.41, 5.74) is 0. The first-order valence-electron chi connectivity index (χ1n) is 8.12. The van der Waals surface area contributed by atoms with Crippen molar-refractivity contribution in [3.05, 3.63) is 29.9 Å². The zero-order valence-electron chi connectivity index (χ0n) is 14.4. The Labute approximate surface area is 146 Å². The third-order valence-corrected chi connectivity index (χ3v) is 5.24. The average molecular weight is 367 g/mol. The molecule has 0 saturated carbocycles. The number of aromatic nitrogens is 2. The first-order valence-corrected chi connectivity index (χ1v) is 9.60. The summed E-state index contributed by atoms with van der Waals surface area (Å²) in [4.78, 5) is 4.31. The lowest BCUT2D eigenvalue weighted by Crippen LogP contribution is -2.27. The highest BCUT2D eigenvalue weighted by atomic mass is 32.2. The Kier molecular flexibility index (Phi) is 4.96. The van der Waals surface area contributed by atoms with Crippen LogP contribution >= 0.6 is 0 Å². The standard InChI is InChI=1S/C16H21N3O5S/c1-10(2)15-17-16(24-18-15)11(3)19-25(20,21)12-5-6-13-14(9-12)23-8-4-7-22-13/h5-6,9-11,19H,4,7-8H2,1-3H3/t11-/m0/s1. The number of hydrogen-bond donors (Lipinski definition) is 1. The molecule has 0 aliphatic carbocycles. The van der Waals surface area contributed by atoms with Gasteiger partial charge < -0.3 is 14.0 Å². The molecule has 1 aromatic heterocycles. The molecule has 136 valence electrons. The molecule has 25 heavy (non-hydrogen) atoms. The lowest BCUT2D eigenvalue weighted by Gasteiger charge is -2.13. The van der Waals surface area contributed by atoms with Gasteiger partial charge in [0, 0.05) is 18.4 Å². The predicted molar refractivity (Wildman–Crippen MR) is 89.2 cm³/mol. The number of sulfonamides is 1. The van der Waals surface area contributed by atoms with Gasteiger partial charge in [0.25, 0.3) is 0 Å². The lowest BCUT2D eigenvalue weighted by molar-refractivity contribution is 0.297. The van der Waals surface area contributed by atoms with Crippen LogP contribution in [0.3, 0.4) is 0 Å². The Morgan fingerprint density at radius 3 is 2.52 bits per heavy atom. The maximum absolute atomic E-state index is 12.6. The highest BCUT2D eigenvalue weighted by molar-refractivity contribution is 7.89. The van der Waals surface area contributed by atoms with Gasteiger partial charge in [0.15, 0.2) is 17.3 Å². The van der Waals surface area contributed by atoms with Crippen molar-refractivity contribution in [3.8, 4) is 11.5 Å². The number of hydrogen-bond acceptors (Lipinski definition) is 7. The summed E-state index contributed by atoms with van der Waals surface area (Å²) in [6, 6.07) is 3.89. The summed E-state index contributed by atoms with van der Waals surface area (Å²) >= 11 is 0. The van der Waals surface area contributed by atoms with Gasteiger partial charge in [-0.15, -0.1) is 0 Å². The minimum Gasteiger partial charge on any atom is -0.490 e. The molecule has 1 aliphatic heterocycles.